The van der Waals surface area contributed by atoms with E-state index in [0.29, 0.717) is 52.1 Å². The molecule has 1 atom stereocenters. The molecule has 1 N–H and O–H groups in total. The number of ether oxygens (including phenoxy) is 3. The summed E-state index contributed by atoms with van der Waals surface area (Å²) in [6.07, 6.45) is -1.28. The van der Waals surface area contributed by atoms with Crippen LogP contribution in [0.1, 0.15) is 29.9 Å². The predicted molar refractivity (Wildman–Crippen MR) is 116 cm³/mol. The highest BCUT2D eigenvalue weighted by atomic mass is 19.4. The number of alkyl halides is 3. The zero-order chi connectivity index (χ0) is 23.6. The molecule has 1 aliphatic rings. The number of pyridine rings is 1. The van der Waals surface area contributed by atoms with Crippen molar-refractivity contribution in [2.24, 2.45) is 5.92 Å². The number of aromatic nitrogens is 3. The van der Waals surface area contributed by atoms with Crippen LogP contribution in [0.15, 0.2) is 30.5 Å². The Balaban J connectivity index is 1.65. The number of benzene rings is 1. The fourth-order valence-corrected chi connectivity index (χ4v) is 3.63. The zero-order valence-electron chi connectivity index (χ0n) is 18.6. The molecular weight excluding hydrogens is 437 g/mol. The summed E-state index contributed by atoms with van der Waals surface area (Å²) in [6, 6.07) is 6.12. The number of aryl methyl sites for hydroxylation is 1. The summed E-state index contributed by atoms with van der Waals surface area (Å²) in [5, 5.41) is 3.81. The third-order valence-corrected chi connectivity index (χ3v) is 5.42. The Hall–Kier alpha value is -3.14. The molecular formula is C23H25F3N4O3. The molecule has 10 heteroatoms. The van der Waals surface area contributed by atoms with Gasteiger partial charge in [-0.25, -0.2) is 9.97 Å². The van der Waals surface area contributed by atoms with Gasteiger partial charge in [0.05, 0.1) is 19.2 Å². The average molecular weight is 462 g/mol. The first-order valence-electron chi connectivity index (χ1n) is 10.6. The molecule has 0 radical (unpaired) electrons. The molecule has 176 valence electrons. The third kappa shape index (κ3) is 5.44. The summed E-state index contributed by atoms with van der Waals surface area (Å²) < 4.78 is 56.1. The number of rotatable bonds is 9. The van der Waals surface area contributed by atoms with Crippen LogP contribution in [-0.2, 0) is 17.5 Å². The summed E-state index contributed by atoms with van der Waals surface area (Å²) in [6.45, 7) is 2.34. The van der Waals surface area contributed by atoms with E-state index in [-0.39, 0.29) is 12.6 Å². The summed E-state index contributed by atoms with van der Waals surface area (Å²) in [4.78, 5) is 12.3. The van der Waals surface area contributed by atoms with Crippen molar-refractivity contribution in [1.82, 2.24) is 15.0 Å². The second kappa shape index (κ2) is 9.38. The molecule has 2 heterocycles. The Kier molecular flexibility index (Phi) is 6.55. The van der Waals surface area contributed by atoms with E-state index in [1.807, 2.05) is 0 Å². The lowest BCUT2D eigenvalue weighted by Gasteiger charge is -2.20. The van der Waals surface area contributed by atoms with Crippen molar-refractivity contribution in [3.05, 3.63) is 47.5 Å². The zero-order valence-corrected chi connectivity index (χ0v) is 18.6. The van der Waals surface area contributed by atoms with E-state index in [9.17, 15) is 13.2 Å². The van der Waals surface area contributed by atoms with Crippen LogP contribution in [0.3, 0.4) is 0 Å². The minimum Gasteiger partial charge on any atom is -0.493 e. The van der Waals surface area contributed by atoms with Crippen LogP contribution < -0.4 is 14.8 Å². The highest BCUT2D eigenvalue weighted by Gasteiger charge is 2.34. The van der Waals surface area contributed by atoms with Gasteiger partial charge in [0.2, 0.25) is 0 Å². The average Bonchev–Trinajstić information content (AvgIpc) is 3.62. The number of nitrogens with zero attached hydrogens (tertiary/aromatic N) is 3. The molecule has 3 aromatic rings. The Labute approximate surface area is 189 Å². The molecule has 33 heavy (non-hydrogen) atoms. The molecule has 1 fully saturated rings. The monoisotopic (exact) mass is 462 g/mol. The van der Waals surface area contributed by atoms with Gasteiger partial charge in [0, 0.05) is 31.3 Å². The van der Waals surface area contributed by atoms with Gasteiger partial charge in [-0.2, -0.15) is 13.2 Å². The summed E-state index contributed by atoms with van der Waals surface area (Å²) in [5.41, 5.74) is 0.130. The van der Waals surface area contributed by atoms with Crippen LogP contribution in [0.5, 0.6) is 11.5 Å². The Morgan fingerprint density at radius 2 is 1.91 bits per heavy atom. The van der Waals surface area contributed by atoms with Gasteiger partial charge in [0.15, 0.2) is 11.5 Å². The molecule has 0 spiro atoms. The molecule has 7 nitrogen and oxygen atoms in total. The maximum Gasteiger partial charge on any atom is 0.433 e. The van der Waals surface area contributed by atoms with Crippen molar-refractivity contribution >= 4 is 16.7 Å². The van der Waals surface area contributed by atoms with Crippen molar-refractivity contribution in [2.45, 2.75) is 38.6 Å². The predicted octanol–water partition coefficient (Wildman–Crippen LogP) is 4.78. The van der Waals surface area contributed by atoms with Crippen LogP contribution in [0.4, 0.5) is 19.0 Å². The first-order valence-corrected chi connectivity index (χ1v) is 10.6. The van der Waals surface area contributed by atoms with E-state index < -0.39 is 11.9 Å². The molecule has 0 saturated heterocycles. The van der Waals surface area contributed by atoms with Gasteiger partial charge in [0.25, 0.3) is 0 Å². The highest BCUT2D eigenvalue weighted by Crippen LogP contribution is 2.40. The molecule has 1 aliphatic carbocycles. The van der Waals surface area contributed by atoms with Gasteiger partial charge in [-0.15, -0.1) is 0 Å². The van der Waals surface area contributed by atoms with Crippen LogP contribution >= 0.6 is 0 Å². The fraction of sp³-hybridized carbons (Fsp3) is 0.435. The summed E-state index contributed by atoms with van der Waals surface area (Å²) in [7, 11) is 3.20. The lowest BCUT2D eigenvalue weighted by atomic mass is 10.1. The summed E-state index contributed by atoms with van der Waals surface area (Å²) in [5.74, 6) is 2.52. The maximum absolute atomic E-state index is 13.0. The number of anilines is 1. The van der Waals surface area contributed by atoms with E-state index in [2.05, 4.69) is 20.3 Å². The Morgan fingerprint density at radius 1 is 1.12 bits per heavy atom. The van der Waals surface area contributed by atoms with Crippen molar-refractivity contribution in [3.63, 3.8) is 0 Å². The third-order valence-electron chi connectivity index (χ3n) is 5.42. The van der Waals surface area contributed by atoms with Crippen LogP contribution in [0.2, 0.25) is 0 Å². The van der Waals surface area contributed by atoms with Gasteiger partial charge in [0.1, 0.15) is 23.4 Å². The SMILES string of the molecule is COCC(Oc1cc2c(NCc3ccnc(C(F)(F)F)c3)nc(C)nc2cc1OC)C1CC1. The normalized spacial score (nSPS) is 14.8. The van der Waals surface area contributed by atoms with Crippen molar-refractivity contribution in [1.29, 1.82) is 0 Å². The number of hydrogen-bond donors (Lipinski definition) is 1. The minimum absolute atomic E-state index is 0.0956. The standard InChI is InChI=1S/C23H25F3N4O3/c1-13-29-17-10-18(32-3)19(33-20(12-31-2)15-4-5-15)9-16(17)22(30-13)28-11-14-6-7-27-21(8-14)23(24,25)26/h6-10,15,20H,4-5,11-12H2,1-3H3,(H,28,29,30). The Morgan fingerprint density at radius 3 is 2.58 bits per heavy atom. The quantitative estimate of drug-likeness (QED) is 0.490. The van der Waals surface area contributed by atoms with Crippen LogP contribution in [0, 0.1) is 12.8 Å². The largest absolute Gasteiger partial charge is 0.493 e. The molecule has 0 aliphatic heterocycles. The molecule has 0 bridgehead atoms. The van der Waals surface area contributed by atoms with Crippen molar-refractivity contribution in [2.75, 3.05) is 26.1 Å². The minimum atomic E-state index is -4.50. The molecule has 1 aromatic carbocycles. The van der Waals surface area contributed by atoms with Crippen LogP contribution in [0.25, 0.3) is 10.9 Å². The first-order chi connectivity index (χ1) is 15.8. The number of methoxy groups -OCH3 is 2. The van der Waals surface area contributed by atoms with E-state index in [4.69, 9.17) is 14.2 Å². The highest BCUT2D eigenvalue weighted by molar-refractivity contribution is 5.91. The first kappa shape index (κ1) is 23.0. The lowest BCUT2D eigenvalue weighted by molar-refractivity contribution is -0.141. The fourth-order valence-electron chi connectivity index (χ4n) is 3.63. The lowest BCUT2D eigenvalue weighted by Crippen LogP contribution is -2.25. The number of hydrogen-bond acceptors (Lipinski definition) is 7. The second-order valence-electron chi connectivity index (χ2n) is 7.99. The van der Waals surface area contributed by atoms with Gasteiger partial charge < -0.3 is 19.5 Å². The van der Waals surface area contributed by atoms with Gasteiger partial charge in [-0.1, -0.05) is 0 Å². The molecule has 1 unspecified atom stereocenters. The smallest absolute Gasteiger partial charge is 0.433 e. The van der Waals surface area contributed by atoms with Gasteiger partial charge in [-0.3, -0.25) is 4.98 Å². The maximum atomic E-state index is 13.0. The van der Waals surface area contributed by atoms with E-state index >= 15 is 0 Å². The number of fused-ring (bicyclic) bond motifs is 1. The molecule has 4 rings (SSSR count). The molecule has 1 saturated carbocycles. The topological polar surface area (TPSA) is 78.4 Å². The van der Waals surface area contributed by atoms with Crippen LogP contribution in [-0.4, -0.2) is 41.9 Å². The van der Waals surface area contributed by atoms with E-state index in [0.717, 1.165) is 25.1 Å². The van der Waals surface area contributed by atoms with Crippen molar-refractivity contribution < 1.29 is 27.4 Å². The summed E-state index contributed by atoms with van der Waals surface area (Å²) >= 11 is 0. The number of nitrogens with one attached hydrogen (secondary N) is 1. The van der Waals surface area contributed by atoms with Gasteiger partial charge >= 0.3 is 6.18 Å². The molecule has 0 amide bonds. The van der Waals surface area contributed by atoms with E-state index in [1.165, 1.54) is 6.07 Å². The second-order valence-corrected chi connectivity index (χ2v) is 7.99. The molecule has 2 aromatic heterocycles. The van der Waals surface area contributed by atoms with Gasteiger partial charge in [-0.05, 0) is 49.4 Å². The Bertz CT molecular complexity index is 1140. The van der Waals surface area contributed by atoms with Crippen molar-refractivity contribution in [3.8, 4) is 11.5 Å². The van der Waals surface area contributed by atoms with E-state index in [1.54, 1.807) is 33.3 Å². The number of halogens is 3.